The van der Waals surface area contributed by atoms with Gasteiger partial charge in [-0.3, -0.25) is 0 Å². The van der Waals surface area contributed by atoms with E-state index in [9.17, 15) is 5.11 Å². The van der Waals surface area contributed by atoms with Crippen molar-refractivity contribution in [2.75, 3.05) is 19.8 Å². The number of aliphatic hydroxyl groups is 2. The van der Waals surface area contributed by atoms with Crippen LogP contribution in [0.4, 0.5) is 0 Å². The molecule has 0 aromatic heterocycles. The second-order valence-electron chi connectivity index (χ2n) is 5.19. The van der Waals surface area contributed by atoms with Crippen molar-refractivity contribution in [3.63, 3.8) is 0 Å². The first-order valence-electron chi connectivity index (χ1n) is 6.93. The molecule has 0 aliphatic carbocycles. The first-order valence-corrected chi connectivity index (χ1v) is 7.31. The summed E-state index contributed by atoms with van der Waals surface area (Å²) in [5.74, 6) is 1.09. The summed E-state index contributed by atoms with van der Waals surface area (Å²) in [7, 11) is 0. The molecule has 0 aliphatic rings. The highest BCUT2D eigenvalue weighted by Gasteiger charge is 2.14. The Morgan fingerprint density at radius 2 is 1.90 bits per heavy atom. The van der Waals surface area contributed by atoms with Crippen molar-refractivity contribution >= 4 is 11.6 Å². The van der Waals surface area contributed by atoms with Gasteiger partial charge in [-0.2, -0.15) is 0 Å². The fourth-order valence-electron chi connectivity index (χ4n) is 1.88. The van der Waals surface area contributed by atoms with Crippen molar-refractivity contribution in [2.45, 2.75) is 32.4 Å². The summed E-state index contributed by atoms with van der Waals surface area (Å²) >= 11 is 5.78. The number of halogens is 1. The smallest absolute Gasteiger partial charge is 0.119 e. The molecule has 20 heavy (non-hydrogen) atoms. The topological polar surface area (TPSA) is 61.7 Å². The van der Waals surface area contributed by atoms with E-state index in [0.717, 1.165) is 0 Å². The lowest BCUT2D eigenvalue weighted by Crippen LogP contribution is -2.41. The SMILES string of the molecule is CC(C)C(CCO)NCC(O)COc1ccc(Cl)cc1. The third-order valence-corrected chi connectivity index (χ3v) is 3.37. The van der Waals surface area contributed by atoms with Crippen LogP contribution in [0.5, 0.6) is 5.75 Å². The van der Waals surface area contributed by atoms with E-state index in [1.54, 1.807) is 24.3 Å². The second kappa shape index (κ2) is 9.19. The van der Waals surface area contributed by atoms with Crippen LogP contribution in [-0.4, -0.2) is 42.1 Å². The third kappa shape index (κ3) is 6.57. The van der Waals surface area contributed by atoms with Crippen LogP contribution in [0.15, 0.2) is 24.3 Å². The first-order chi connectivity index (χ1) is 9.52. The summed E-state index contributed by atoms with van der Waals surface area (Å²) in [5, 5.41) is 22.8. The Kier molecular flexibility index (Phi) is 7.92. The molecule has 0 spiro atoms. The van der Waals surface area contributed by atoms with E-state index >= 15 is 0 Å². The van der Waals surface area contributed by atoms with E-state index in [4.69, 9.17) is 21.4 Å². The van der Waals surface area contributed by atoms with Crippen molar-refractivity contribution in [2.24, 2.45) is 5.92 Å². The molecule has 0 heterocycles. The highest BCUT2D eigenvalue weighted by molar-refractivity contribution is 6.30. The predicted molar refractivity (Wildman–Crippen MR) is 81.3 cm³/mol. The van der Waals surface area contributed by atoms with Crippen LogP contribution in [0.2, 0.25) is 5.02 Å². The average Bonchev–Trinajstić information content (AvgIpc) is 2.42. The zero-order valence-electron chi connectivity index (χ0n) is 12.1. The van der Waals surface area contributed by atoms with Crippen molar-refractivity contribution in [3.8, 4) is 5.75 Å². The fourth-order valence-corrected chi connectivity index (χ4v) is 2.01. The minimum atomic E-state index is -0.592. The number of benzene rings is 1. The molecule has 5 heteroatoms. The number of nitrogens with one attached hydrogen (secondary N) is 1. The number of ether oxygens (including phenoxy) is 1. The Labute approximate surface area is 125 Å². The summed E-state index contributed by atoms with van der Waals surface area (Å²) in [6.45, 7) is 4.98. The van der Waals surface area contributed by atoms with Crippen LogP contribution in [0.25, 0.3) is 0 Å². The molecule has 3 N–H and O–H groups in total. The van der Waals surface area contributed by atoms with Gasteiger partial charge in [0.05, 0.1) is 0 Å². The van der Waals surface area contributed by atoms with Crippen LogP contribution < -0.4 is 10.1 Å². The minimum Gasteiger partial charge on any atom is -0.491 e. The molecular weight excluding hydrogens is 278 g/mol. The molecule has 0 fully saturated rings. The minimum absolute atomic E-state index is 0.146. The van der Waals surface area contributed by atoms with Gasteiger partial charge in [0.15, 0.2) is 0 Å². The van der Waals surface area contributed by atoms with Crippen LogP contribution >= 0.6 is 11.6 Å². The molecule has 0 aliphatic heterocycles. The van der Waals surface area contributed by atoms with Crippen molar-refractivity contribution in [3.05, 3.63) is 29.3 Å². The Hall–Kier alpha value is -0.810. The molecule has 0 bridgehead atoms. The van der Waals surface area contributed by atoms with Gasteiger partial charge in [-0.05, 0) is 36.6 Å². The Morgan fingerprint density at radius 1 is 1.25 bits per heavy atom. The lowest BCUT2D eigenvalue weighted by atomic mass is 10.0. The lowest BCUT2D eigenvalue weighted by Gasteiger charge is -2.23. The van der Waals surface area contributed by atoms with Gasteiger partial charge >= 0.3 is 0 Å². The number of hydrogen-bond acceptors (Lipinski definition) is 4. The number of aliphatic hydroxyl groups excluding tert-OH is 2. The van der Waals surface area contributed by atoms with Gasteiger partial charge in [0.2, 0.25) is 0 Å². The quantitative estimate of drug-likeness (QED) is 0.653. The Bertz CT molecular complexity index is 370. The molecule has 1 aromatic rings. The van der Waals surface area contributed by atoms with E-state index in [0.29, 0.717) is 29.7 Å². The van der Waals surface area contributed by atoms with Gasteiger partial charge < -0.3 is 20.3 Å². The third-order valence-electron chi connectivity index (χ3n) is 3.12. The van der Waals surface area contributed by atoms with Gasteiger partial charge in [-0.15, -0.1) is 0 Å². The van der Waals surface area contributed by atoms with Crippen molar-refractivity contribution in [1.82, 2.24) is 5.32 Å². The summed E-state index contributed by atoms with van der Waals surface area (Å²) in [6, 6.07) is 7.23. The maximum absolute atomic E-state index is 9.89. The maximum atomic E-state index is 9.89. The summed E-state index contributed by atoms with van der Waals surface area (Å²) < 4.78 is 5.48. The summed E-state index contributed by atoms with van der Waals surface area (Å²) in [6.07, 6.45) is 0.0909. The van der Waals surface area contributed by atoms with Crippen molar-refractivity contribution in [1.29, 1.82) is 0 Å². The molecule has 0 amide bonds. The zero-order valence-corrected chi connectivity index (χ0v) is 12.8. The summed E-state index contributed by atoms with van der Waals surface area (Å²) in [5.41, 5.74) is 0. The lowest BCUT2D eigenvalue weighted by molar-refractivity contribution is 0.0995. The van der Waals surface area contributed by atoms with E-state index in [-0.39, 0.29) is 19.3 Å². The molecule has 1 aromatic carbocycles. The first kappa shape index (κ1) is 17.2. The average molecular weight is 302 g/mol. The molecule has 0 radical (unpaired) electrons. The van der Waals surface area contributed by atoms with E-state index < -0.39 is 6.10 Å². The van der Waals surface area contributed by atoms with E-state index in [1.807, 2.05) is 0 Å². The van der Waals surface area contributed by atoms with Gasteiger partial charge in [0.1, 0.15) is 18.5 Å². The molecule has 0 saturated heterocycles. The second-order valence-corrected chi connectivity index (χ2v) is 5.63. The van der Waals surface area contributed by atoms with Crippen LogP contribution in [-0.2, 0) is 0 Å². The highest BCUT2D eigenvalue weighted by atomic mass is 35.5. The molecule has 114 valence electrons. The molecule has 2 atom stereocenters. The van der Waals surface area contributed by atoms with Crippen molar-refractivity contribution < 1.29 is 14.9 Å². The Balaban J connectivity index is 2.28. The van der Waals surface area contributed by atoms with Crippen LogP contribution in [0.3, 0.4) is 0 Å². The Morgan fingerprint density at radius 3 is 2.45 bits per heavy atom. The molecule has 0 saturated carbocycles. The van der Waals surface area contributed by atoms with Gasteiger partial charge in [0, 0.05) is 24.2 Å². The summed E-state index contributed by atoms with van der Waals surface area (Å²) in [4.78, 5) is 0. The number of hydrogen-bond donors (Lipinski definition) is 3. The maximum Gasteiger partial charge on any atom is 0.119 e. The van der Waals surface area contributed by atoms with E-state index in [2.05, 4.69) is 19.2 Å². The predicted octanol–water partition coefficient (Wildman–Crippen LogP) is 2.08. The normalized spacial score (nSPS) is 14.3. The van der Waals surface area contributed by atoms with Gasteiger partial charge in [-0.1, -0.05) is 25.4 Å². The fraction of sp³-hybridized carbons (Fsp3) is 0.600. The zero-order chi connectivity index (χ0) is 15.0. The molecular formula is C15H24ClNO3. The monoisotopic (exact) mass is 301 g/mol. The van der Waals surface area contributed by atoms with E-state index in [1.165, 1.54) is 0 Å². The van der Waals surface area contributed by atoms with Gasteiger partial charge in [-0.25, -0.2) is 0 Å². The number of rotatable bonds is 9. The van der Waals surface area contributed by atoms with Crippen LogP contribution in [0, 0.1) is 5.92 Å². The van der Waals surface area contributed by atoms with Crippen LogP contribution in [0.1, 0.15) is 20.3 Å². The molecule has 1 rings (SSSR count). The van der Waals surface area contributed by atoms with Gasteiger partial charge in [0.25, 0.3) is 0 Å². The highest BCUT2D eigenvalue weighted by Crippen LogP contribution is 2.15. The molecule has 4 nitrogen and oxygen atoms in total. The standard InChI is InChI=1S/C15H24ClNO3/c1-11(2)15(7-8-18)17-9-13(19)10-20-14-5-3-12(16)4-6-14/h3-6,11,13,15,17-19H,7-10H2,1-2H3. The molecule has 2 unspecified atom stereocenters. The largest absolute Gasteiger partial charge is 0.491 e.